The van der Waals surface area contributed by atoms with Gasteiger partial charge in [-0.25, -0.2) is 9.97 Å². The Kier molecular flexibility index (Phi) is 2.04. The third-order valence-corrected chi connectivity index (χ3v) is 2.39. The van der Waals surface area contributed by atoms with Gasteiger partial charge in [0, 0.05) is 18.0 Å². The molecule has 0 N–H and O–H groups in total. The fourth-order valence-corrected chi connectivity index (χ4v) is 1.66. The van der Waals surface area contributed by atoms with E-state index in [4.69, 9.17) is 11.6 Å². The van der Waals surface area contributed by atoms with Gasteiger partial charge >= 0.3 is 0 Å². The molecule has 0 aliphatic heterocycles. The zero-order chi connectivity index (χ0) is 11.0. The molecule has 6 heteroatoms. The molecule has 0 saturated carbocycles. The predicted molar refractivity (Wildman–Crippen MR) is 59.0 cm³/mol. The van der Waals surface area contributed by atoms with E-state index in [1.165, 1.54) is 0 Å². The van der Waals surface area contributed by atoms with Crippen LogP contribution < -0.4 is 0 Å². The number of hydrogen-bond donors (Lipinski definition) is 0. The van der Waals surface area contributed by atoms with Crippen LogP contribution in [0.3, 0.4) is 0 Å². The highest BCUT2D eigenvalue weighted by molar-refractivity contribution is 6.28. The van der Waals surface area contributed by atoms with Crippen LogP contribution in [-0.2, 0) is 0 Å². The Morgan fingerprint density at radius 1 is 1.12 bits per heavy atom. The summed E-state index contributed by atoms with van der Waals surface area (Å²) in [7, 11) is 0. The minimum atomic E-state index is 0.223. The highest BCUT2D eigenvalue weighted by Crippen LogP contribution is 2.21. The van der Waals surface area contributed by atoms with Crippen molar-refractivity contribution in [3.8, 4) is 11.3 Å². The Morgan fingerprint density at radius 2 is 2.06 bits per heavy atom. The van der Waals surface area contributed by atoms with Crippen LogP contribution in [0, 0.1) is 0 Å². The average Bonchev–Trinajstić information content (AvgIpc) is 2.72. The second-order valence-corrected chi connectivity index (χ2v) is 3.51. The number of halogens is 1. The fourth-order valence-electron chi connectivity index (χ4n) is 1.52. The van der Waals surface area contributed by atoms with E-state index in [1.54, 1.807) is 29.3 Å². The minimum Gasteiger partial charge on any atom is -0.226 e. The highest BCUT2D eigenvalue weighted by atomic mass is 35.5. The Labute approximate surface area is 95.7 Å². The maximum Gasteiger partial charge on any atom is 0.222 e. The second kappa shape index (κ2) is 3.53. The smallest absolute Gasteiger partial charge is 0.222 e. The lowest BCUT2D eigenvalue weighted by molar-refractivity contribution is 0.800. The van der Waals surface area contributed by atoms with Gasteiger partial charge in [-0.1, -0.05) is 0 Å². The highest BCUT2D eigenvalue weighted by Gasteiger charge is 2.08. The van der Waals surface area contributed by atoms with Crippen molar-refractivity contribution in [1.29, 1.82) is 0 Å². The van der Waals surface area contributed by atoms with Crippen molar-refractivity contribution in [3.63, 3.8) is 0 Å². The molecule has 3 aromatic heterocycles. The van der Waals surface area contributed by atoms with E-state index < -0.39 is 0 Å². The minimum absolute atomic E-state index is 0.223. The third kappa shape index (κ3) is 1.42. The molecule has 0 bridgehead atoms. The summed E-state index contributed by atoms with van der Waals surface area (Å²) in [6.07, 6.45) is 5.00. The van der Waals surface area contributed by atoms with Gasteiger partial charge in [0.2, 0.25) is 5.28 Å². The van der Waals surface area contributed by atoms with Gasteiger partial charge in [-0.3, -0.25) is 0 Å². The average molecular weight is 232 g/mol. The molecule has 3 rings (SSSR count). The Bertz CT molecular complexity index is 648. The summed E-state index contributed by atoms with van der Waals surface area (Å²) >= 11 is 5.75. The van der Waals surface area contributed by atoms with Gasteiger partial charge in [-0.05, 0) is 29.8 Å². The Hall–Kier alpha value is -2.01. The molecular formula is C10H6ClN5. The van der Waals surface area contributed by atoms with Crippen LogP contribution in [0.15, 0.2) is 36.8 Å². The number of nitrogens with zero attached hydrogens (tertiary/aromatic N) is 5. The molecule has 0 unspecified atom stereocenters. The number of fused-ring (bicyclic) bond motifs is 1. The zero-order valence-electron chi connectivity index (χ0n) is 8.08. The van der Waals surface area contributed by atoms with E-state index in [2.05, 4.69) is 20.2 Å². The Morgan fingerprint density at radius 3 is 2.94 bits per heavy atom. The maximum atomic E-state index is 5.75. The standard InChI is InChI=1S/C10H6ClN5/c11-10-12-5-3-8(15-10)7-6-14-16-9(7)2-1-4-13-16/h1-6H. The summed E-state index contributed by atoms with van der Waals surface area (Å²) in [6.45, 7) is 0. The van der Waals surface area contributed by atoms with Crippen molar-refractivity contribution in [2.75, 3.05) is 0 Å². The molecule has 0 radical (unpaired) electrons. The maximum absolute atomic E-state index is 5.75. The summed E-state index contributed by atoms with van der Waals surface area (Å²) in [5.41, 5.74) is 2.51. The number of rotatable bonds is 1. The van der Waals surface area contributed by atoms with Crippen molar-refractivity contribution in [2.24, 2.45) is 0 Å². The lowest BCUT2D eigenvalue weighted by atomic mass is 10.2. The van der Waals surface area contributed by atoms with Crippen molar-refractivity contribution in [2.45, 2.75) is 0 Å². The third-order valence-electron chi connectivity index (χ3n) is 2.21. The summed E-state index contributed by atoms with van der Waals surface area (Å²) < 4.78 is 1.55. The van der Waals surface area contributed by atoms with Gasteiger partial charge in [0.05, 0.1) is 17.4 Å². The van der Waals surface area contributed by atoms with Crippen molar-refractivity contribution >= 4 is 17.1 Å². The molecule has 5 nitrogen and oxygen atoms in total. The normalized spacial score (nSPS) is 10.8. The molecule has 0 fully saturated rings. The number of hydrogen-bond acceptors (Lipinski definition) is 4. The van der Waals surface area contributed by atoms with Crippen LogP contribution in [0.1, 0.15) is 0 Å². The van der Waals surface area contributed by atoms with E-state index in [9.17, 15) is 0 Å². The van der Waals surface area contributed by atoms with Gasteiger partial charge in [0.15, 0.2) is 0 Å². The molecule has 0 aromatic carbocycles. The topological polar surface area (TPSA) is 56.0 Å². The van der Waals surface area contributed by atoms with Gasteiger partial charge in [-0.2, -0.15) is 14.8 Å². The molecular weight excluding hydrogens is 226 g/mol. The van der Waals surface area contributed by atoms with Gasteiger partial charge in [-0.15, -0.1) is 0 Å². The van der Waals surface area contributed by atoms with Crippen LogP contribution in [0.2, 0.25) is 5.28 Å². The molecule has 3 heterocycles. The zero-order valence-corrected chi connectivity index (χ0v) is 8.83. The van der Waals surface area contributed by atoms with Crippen molar-refractivity contribution < 1.29 is 0 Å². The van der Waals surface area contributed by atoms with Gasteiger partial charge in [0.25, 0.3) is 0 Å². The first-order valence-electron chi connectivity index (χ1n) is 4.62. The molecule has 3 aromatic rings. The molecule has 0 amide bonds. The first kappa shape index (κ1) is 9.23. The number of aromatic nitrogens is 5. The lowest BCUT2D eigenvalue weighted by Gasteiger charge is -1.97. The fraction of sp³-hybridized carbons (Fsp3) is 0. The van der Waals surface area contributed by atoms with E-state index in [0.717, 1.165) is 16.8 Å². The largest absolute Gasteiger partial charge is 0.226 e. The van der Waals surface area contributed by atoms with Crippen LogP contribution in [-0.4, -0.2) is 24.8 Å². The predicted octanol–water partition coefficient (Wildman–Crippen LogP) is 1.84. The van der Waals surface area contributed by atoms with Crippen LogP contribution >= 0.6 is 11.6 Å². The molecule has 0 aliphatic carbocycles. The van der Waals surface area contributed by atoms with E-state index >= 15 is 0 Å². The molecule has 78 valence electrons. The first-order chi connectivity index (χ1) is 7.84. The second-order valence-electron chi connectivity index (χ2n) is 3.17. The van der Waals surface area contributed by atoms with E-state index in [0.29, 0.717) is 0 Å². The van der Waals surface area contributed by atoms with Crippen molar-refractivity contribution in [3.05, 3.63) is 42.1 Å². The van der Waals surface area contributed by atoms with Gasteiger partial charge in [0.1, 0.15) is 0 Å². The van der Waals surface area contributed by atoms with E-state index in [-0.39, 0.29) is 5.28 Å². The summed E-state index contributed by atoms with van der Waals surface area (Å²) in [4.78, 5) is 7.98. The summed E-state index contributed by atoms with van der Waals surface area (Å²) in [6, 6.07) is 5.56. The molecule has 0 atom stereocenters. The molecule has 0 aliphatic rings. The van der Waals surface area contributed by atoms with Crippen molar-refractivity contribution in [1.82, 2.24) is 24.8 Å². The quantitative estimate of drug-likeness (QED) is 0.600. The van der Waals surface area contributed by atoms with Gasteiger partial charge < -0.3 is 0 Å². The van der Waals surface area contributed by atoms with Crippen LogP contribution in [0.25, 0.3) is 16.8 Å². The summed E-state index contributed by atoms with van der Waals surface area (Å²) in [5, 5.41) is 8.43. The lowest BCUT2D eigenvalue weighted by Crippen LogP contribution is -1.91. The van der Waals surface area contributed by atoms with Crippen LogP contribution in [0.5, 0.6) is 0 Å². The Balaban J connectivity index is 2.26. The first-order valence-corrected chi connectivity index (χ1v) is 5.00. The SMILES string of the molecule is Clc1nccc(-c2cnn3ncccc23)n1. The molecule has 16 heavy (non-hydrogen) atoms. The molecule has 0 spiro atoms. The molecule has 0 saturated heterocycles. The van der Waals surface area contributed by atoms with E-state index in [1.807, 2.05) is 12.1 Å². The monoisotopic (exact) mass is 231 g/mol. The summed E-state index contributed by atoms with van der Waals surface area (Å²) in [5.74, 6) is 0. The van der Waals surface area contributed by atoms with Crippen LogP contribution in [0.4, 0.5) is 0 Å².